The average Bonchev–Trinajstić information content (AvgIpc) is 3.13. The van der Waals surface area contributed by atoms with Gasteiger partial charge in [-0.2, -0.15) is 0 Å². The second kappa shape index (κ2) is 3.93. The number of carbonyl (C=O) groups is 2. The van der Waals surface area contributed by atoms with Gasteiger partial charge in [0, 0.05) is 0 Å². The fraction of sp³-hybridized carbons (Fsp3) is 0.333. The number of anilines is 1. The van der Waals surface area contributed by atoms with Crippen molar-refractivity contribution in [1.82, 2.24) is 0 Å². The lowest BCUT2D eigenvalue weighted by Crippen LogP contribution is -2.34. The van der Waals surface area contributed by atoms with Gasteiger partial charge in [0.05, 0.1) is 36.8 Å². The number of para-hydroxylation sites is 2. The number of imide groups is 1. The summed E-state index contributed by atoms with van der Waals surface area (Å²) in [6.07, 6.45) is 3.23. The monoisotopic (exact) mass is 271 g/mol. The zero-order chi connectivity index (χ0) is 13.9. The van der Waals surface area contributed by atoms with Gasteiger partial charge in [-0.25, -0.2) is 4.90 Å². The number of methoxy groups -OCH3 is 1. The average molecular weight is 271 g/mol. The van der Waals surface area contributed by atoms with E-state index in [0.29, 0.717) is 11.4 Å². The van der Waals surface area contributed by atoms with Crippen LogP contribution < -0.4 is 9.64 Å². The van der Waals surface area contributed by atoms with Crippen molar-refractivity contribution < 1.29 is 19.1 Å². The highest BCUT2D eigenvalue weighted by Gasteiger charge is 2.61. The largest absolute Gasteiger partial charge is 0.495 e. The van der Waals surface area contributed by atoms with E-state index in [9.17, 15) is 9.59 Å². The van der Waals surface area contributed by atoms with Crippen LogP contribution in [0.5, 0.6) is 5.75 Å². The molecule has 20 heavy (non-hydrogen) atoms. The maximum Gasteiger partial charge on any atom is 0.240 e. The van der Waals surface area contributed by atoms with Crippen LogP contribution in [0.25, 0.3) is 0 Å². The summed E-state index contributed by atoms with van der Waals surface area (Å²) in [5, 5.41) is 0. The van der Waals surface area contributed by atoms with Gasteiger partial charge in [-0.05, 0) is 12.1 Å². The van der Waals surface area contributed by atoms with Crippen molar-refractivity contribution in [2.24, 2.45) is 11.8 Å². The van der Waals surface area contributed by atoms with E-state index in [1.807, 2.05) is 18.2 Å². The number of amides is 2. The van der Waals surface area contributed by atoms with Gasteiger partial charge in [-0.15, -0.1) is 0 Å². The molecule has 2 saturated heterocycles. The van der Waals surface area contributed by atoms with E-state index in [1.54, 1.807) is 18.2 Å². The molecule has 3 aliphatic rings. The van der Waals surface area contributed by atoms with Gasteiger partial charge in [0.1, 0.15) is 5.75 Å². The Labute approximate surface area is 115 Å². The lowest BCUT2D eigenvalue weighted by molar-refractivity contribution is -0.124. The van der Waals surface area contributed by atoms with Gasteiger partial charge in [-0.1, -0.05) is 24.3 Å². The van der Waals surface area contributed by atoms with E-state index in [-0.39, 0.29) is 35.9 Å². The molecule has 0 N–H and O–H groups in total. The molecule has 0 aromatic heterocycles. The van der Waals surface area contributed by atoms with E-state index >= 15 is 0 Å². The molecule has 2 bridgehead atoms. The lowest BCUT2D eigenvalue weighted by atomic mass is 9.85. The van der Waals surface area contributed by atoms with Gasteiger partial charge in [0.15, 0.2) is 0 Å². The third-order valence-corrected chi connectivity index (χ3v) is 4.24. The number of ether oxygens (including phenoxy) is 2. The van der Waals surface area contributed by atoms with Crippen LogP contribution in [0.1, 0.15) is 0 Å². The number of benzene rings is 1. The standard InChI is InChI=1S/C15H13NO4/c1-19-9-5-3-2-4-8(9)16-14(17)12-10-6-7-11(20-10)13(12)15(16)18/h2-7,10-13H,1H3/t10-,11-,12-,13+/m1/s1. The summed E-state index contributed by atoms with van der Waals surface area (Å²) in [5.74, 6) is -0.636. The Morgan fingerprint density at radius 2 is 1.65 bits per heavy atom. The minimum Gasteiger partial charge on any atom is -0.495 e. The molecule has 0 unspecified atom stereocenters. The fourth-order valence-electron chi connectivity index (χ4n) is 3.36. The van der Waals surface area contributed by atoms with Crippen LogP contribution >= 0.6 is 0 Å². The second-order valence-electron chi connectivity index (χ2n) is 5.19. The Balaban J connectivity index is 1.78. The first-order valence-corrected chi connectivity index (χ1v) is 6.57. The van der Waals surface area contributed by atoms with E-state index in [2.05, 4.69) is 0 Å². The van der Waals surface area contributed by atoms with Crippen LogP contribution in [0.15, 0.2) is 36.4 Å². The molecule has 4 atom stereocenters. The summed E-state index contributed by atoms with van der Waals surface area (Å²) in [7, 11) is 1.53. The number of hydrogen-bond acceptors (Lipinski definition) is 4. The number of hydrogen-bond donors (Lipinski definition) is 0. The van der Waals surface area contributed by atoms with Gasteiger partial charge < -0.3 is 9.47 Å². The molecule has 5 nitrogen and oxygen atoms in total. The van der Waals surface area contributed by atoms with Gasteiger partial charge in [0.25, 0.3) is 0 Å². The number of fused-ring (bicyclic) bond motifs is 5. The van der Waals surface area contributed by atoms with Crippen molar-refractivity contribution in [1.29, 1.82) is 0 Å². The van der Waals surface area contributed by atoms with Crippen LogP contribution in [0.4, 0.5) is 5.69 Å². The van der Waals surface area contributed by atoms with Crippen molar-refractivity contribution in [3.63, 3.8) is 0 Å². The Hall–Kier alpha value is -2.14. The molecular weight excluding hydrogens is 258 g/mol. The summed E-state index contributed by atoms with van der Waals surface area (Å²) in [5.41, 5.74) is 0.513. The van der Waals surface area contributed by atoms with E-state index in [1.165, 1.54) is 12.0 Å². The molecule has 4 rings (SSSR count). The van der Waals surface area contributed by atoms with Gasteiger partial charge in [-0.3, -0.25) is 9.59 Å². The first-order chi connectivity index (χ1) is 9.72. The zero-order valence-electron chi connectivity index (χ0n) is 10.9. The molecule has 0 spiro atoms. The summed E-state index contributed by atoms with van der Waals surface area (Å²) in [6.45, 7) is 0. The second-order valence-corrected chi connectivity index (χ2v) is 5.19. The van der Waals surface area contributed by atoms with Crippen molar-refractivity contribution >= 4 is 17.5 Å². The predicted molar refractivity (Wildman–Crippen MR) is 70.3 cm³/mol. The Morgan fingerprint density at radius 1 is 1.05 bits per heavy atom. The smallest absolute Gasteiger partial charge is 0.240 e. The first-order valence-electron chi connectivity index (χ1n) is 6.57. The van der Waals surface area contributed by atoms with Crippen LogP contribution in [0.3, 0.4) is 0 Å². The summed E-state index contributed by atoms with van der Waals surface area (Å²) >= 11 is 0. The third kappa shape index (κ3) is 1.30. The predicted octanol–water partition coefficient (Wildman–Crippen LogP) is 1.14. The van der Waals surface area contributed by atoms with Crippen LogP contribution in [-0.2, 0) is 14.3 Å². The van der Waals surface area contributed by atoms with Crippen molar-refractivity contribution in [3.05, 3.63) is 36.4 Å². The molecular formula is C15H13NO4. The molecule has 0 aliphatic carbocycles. The molecule has 2 amide bonds. The first kappa shape index (κ1) is 11.7. The molecule has 0 radical (unpaired) electrons. The Morgan fingerprint density at radius 3 is 2.25 bits per heavy atom. The quantitative estimate of drug-likeness (QED) is 0.598. The lowest BCUT2D eigenvalue weighted by Gasteiger charge is -2.19. The van der Waals surface area contributed by atoms with E-state index in [0.717, 1.165) is 0 Å². The fourth-order valence-corrected chi connectivity index (χ4v) is 3.36. The Bertz CT molecular complexity index is 609. The normalized spacial score (nSPS) is 34.0. The molecule has 3 heterocycles. The number of nitrogens with zero attached hydrogens (tertiary/aromatic N) is 1. The SMILES string of the molecule is COc1ccccc1N1C(=O)[C@@H]2[C@H](C1=O)[C@H]1C=C[C@H]2O1. The number of carbonyl (C=O) groups excluding carboxylic acids is 2. The maximum atomic E-state index is 12.6. The molecule has 2 fully saturated rings. The highest BCUT2D eigenvalue weighted by molar-refractivity contribution is 6.23. The van der Waals surface area contributed by atoms with Gasteiger partial charge >= 0.3 is 0 Å². The highest BCUT2D eigenvalue weighted by Crippen LogP contribution is 2.47. The van der Waals surface area contributed by atoms with Crippen LogP contribution in [0, 0.1) is 11.8 Å². The summed E-state index contributed by atoms with van der Waals surface area (Å²) in [4.78, 5) is 26.4. The molecule has 0 saturated carbocycles. The van der Waals surface area contributed by atoms with Crippen LogP contribution in [0.2, 0.25) is 0 Å². The third-order valence-electron chi connectivity index (χ3n) is 4.24. The molecule has 1 aromatic rings. The van der Waals surface area contributed by atoms with E-state index in [4.69, 9.17) is 9.47 Å². The van der Waals surface area contributed by atoms with Gasteiger partial charge in [0.2, 0.25) is 11.8 Å². The minimum atomic E-state index is -0.387. The highest BCUT2D eigenvalue weighted by atomic mass is 16.5. The maximum absolute atomic E-state index is 12.6. The van der Waals surface area contributed by atoms with E-state index < -0.39 is 0 Å². The summed E-state index contributed by atoms with van der Waals surface area (Å²) in [6, 6.07) is 7.07. The van der Waals surface area contributed by atoms with Crippen molar-refractivity contribution in [2.75, 3.05) is 12.0 Å². The topological polar surface area (TPSA) is 55.8 Å². The summed E-state index contributed by atoms with van der Waals surface area (Å²) < 4.78 is 10.9. The van der Waals surface area contributed by atoms with Crippen molar-refractivity contribution in [3.8, 4) is 5.75 Å². The number of rotatable bonds is 2. The molecule has 5 heteroatoms. The molecule has 3 aliphatic heterocycles. The van der Waals surface area contributed by atoms with Crippen LogP contribution in [-0.4, -0.2) is 31.1 Å². The zero-order valence-corrected chi connectivity index (χ0v) is 10.9. The minimum absolute atomic E-state index is 0.193. The Kier molecular flexibility index (Phi) is 2.29. The molecule has 102 valence electrons. The molecule has 1 aromatic carbocycles. The van der Waals surface area contributed by atoms with Crippen molar-refractivity contribution in [2.45, 2.75) is 12.2 Å².